The molecule has 276 valence electrons. The quantitative estimate of drug-likeness (QED) is 0.128. The average molecular weight is 722 g/mol. The van der Waals surface area contributed by atoms with Gasteiger partial charge in [-0.2, -0.15) is 0 Å². The predicted molar refractivity (Wildman–Crippen MR) is 215 cm³/mol. The number of para-hydroxylation sites is 2. The maximum atomic E-state index is 11.7. The Bertz CT molecular complexity index is 2390. The van der Waals surface area contributed by atoms with E-state index in [9.17, 15) is 14.7 Å². The highest BCUT2D eigenvalue weighted by Gasteiger charge is 2.19. The van der Waals surface area contributed by atoms with Gasteiger partial charge in [0.2, 0.25) is 0 Å². The SMILES string of the molecule is CC(C)C(N)C(=O)OCc1ccccc1.CCCc1nc2c(C)cc(-c3nc4ccccc4n3C)cc2n1Cc1ccc(-c2ccccc2C(=O)O)cc1. The molecule has 7 aromatic rings. The summed E-state index contributed by atoms with van der Waals surface area (Å²) >= 11 is 0. The second-order valence-electron chi connectivity index (χ2n) is 13.9. The van der Waals surface area contributed by atoms with E-state index in [0.29, 0.717) is 18.7 Å². The fourth-order valence-electron chi connectivity index (χ4n) is 6.56. The van der Waals surface area contributed by atoms with Gasteiger partial charge in [-0.25, -0.2) is 14.8 Å². The smallest absolute Gasteiger partial charge is 0.336 e. The van der Waals surface area contributed by atoms with E-state index >= 15 is 0 Å². The summed E-state index contributed by atoms with van der Waals surface area (Å²) in [6.07, 6.45) is 1.89. The number of hydrogen-bond acceptors (Lipinski definition) is 6. The number of carbonyl (C=O) groups is 2. The number of aryl methyl sites for hydroxylation is 3. The van der Waals surface area contributed by atoms with E-state index in [1.54, 1.807) is 12.1 Å². The average Bonchev–Trinajstić information content (AvgIpc) is 3.71. The minimum Gasteiger partial charge on any atom is -0.478 e. The zero-order chi connectivity index (χ0) is 38.4. The third kappa shape index (κ3) is 8.27. The van der Waals surface area contributed by atoms with Crippen molar-refractivity contribution in [3.63, 3.8) is 0 Å². The fraction of sp³-hybridized carbons (Fsp3) is 0.244. The van der Waals surface area contributed by atoms with Gasteiger partial charge in [-0.1, -0.05) is 106 Å². The first-order valence-electron chi connectivity index (χ1n) is 18.3. The van der Waals surface area contributed by atoms with Gasteiger partial charge >= 0.3 is 11.9 Å². The van der Waals surface area contributed by atoms with E-state index in [2.05, 4.69) is 60.4 Å². The highest BCUT2D eigenvalue weighted by Crippen LogP contribution is 2.31. The minimum absolute atomic E-state index is 0.105. The van der Waals surface area contributed by atoms with Gasteiger partial charge in [-0.3, -0.25) is 4.79 Å². The molecule has 0 aliphatic heterocycles. The number of rotatable bonds is 11. The van der Waals surface area contributed by atoms with Crippen molar-refractivity contribution in [2.45, 2.75) is 59.7 Å². The number of esters is 1. The standard InChI is InChI=1S/C33H30N4O2.C12H17NO2/c1-4-9-30-35-31-21(2)18-24(32-34-27-12-7-8-13-28(27)36(32)3)19-29(31)37(30)20-22-14-16-23(17-15-22)25-10-5-6-11-26(25)33(38)39;1-9(2)11(13)12(14)15-8-10-6-4-3-5-7-10/h5-8,10-19H,4,9,20H2,1-3H3,(H,38,39);3-7,9,11H,8,13H2,1-2H3. The Morgan fingerprint density at radius 3 is 2.19 bits per heavy atom. The summed E-state index contributed by atoms with van der Waals surface area (Å²) in [5, 5.41) is 9.60. The number of carboxylic acid groups (broad SMARTS) is 1. The van der Waals surface area contributed by atoms with Gasteiger partial charge in [0.25, 0.3) is 0 Å². The van der Waals surface area contributed by atoms with E-state index < -0.39 is 12.0 Å². The molecule has 2 aromatic heterocycles. The van der Waals surface area contributed by atoms with E-state index in [4.69, 9.17) is 20.4 Å². The highest BCUT2D eigenvalue weighted by atomic mass is 16.5. The Morgan fingerprint density at radius 1 is 0.815 bits per heavy atom. The van der Waals surface area contributed by atoms with Crippen LogP contribution >= 0.6 is 0 Å². The lowest BCUT2D eigenvalue weighted by Crippen LogP contribution is -2.36. The second-order valence-corrected chi connectivity index (χ2v) is 13.9. The van der Waals surface area contributed by atoms with Crippen LogP contribution in [0.3, 0.4) is 0 Å². The van der Waals surface area contributed by atoms with Gasteiger partial charge in [-0.15, -0.1) is 0 Å². The molecule has 5 aromatic carbocycles. The van der Waals surface area contributed by atoms with E-state index in [1.807, 2.05) is 86.6 Å². The summed E-state index contributed by atoms with van der Waals surface area (Å²) in [7, 11) is 2.06. The summed E-state index contributed by atoms with van der Waals surface area (Å²) < 4.78 is 9.55. The van der Waals surface area contributed by atoms with Gasteiger partial charge in [0.1, 0.15) is 24.3 Å². The van der Waals surface area contributed by atoms with Crippen LogP contribution in [-0.4, -0.2) is 42.2 Å². The number of aromatic carboxylic acids is 1. The molecule has 0 spiro atoms. The van der Waals surface area contributed by atoms with Gasteiger partial charge in [-0.05, 0) is 77.4 Å². The Morgan fingerprint density at radius 2 is 1.50 bits per heavy atom. The van der Waals surface area contributed by atoms with Crippen molar-refractivity contribution in [3.05, 3.63) is 143 Å². The lowest BCUT2D eigenvalue weighted by Gasteiger charge is -2.14. The van der Waals surface area contributed by atoms with E-state index in [0.717, 1.165) is 79.9 Å². The molecular formula is C45H47N5O4. The molecule has 1 atom stereocenters. The lowest BCUT2D eigenvalue weighted by molar-refractivity contribution is -0.147. The van der Waals surface area contributed by atoms with Crippen LogP contribution < -0.4 is 5.73 Å². The number of carboxylic acids is 1. The molecule has 0 aliphatic carbocycles. The second kappa shape index (κ2) is 16.7. The maximum Gasteiger partial charge on any atom is 0.336 e. The Balaban J connectivity index is 0.000000280. The molecule has 9 heteroatoms. The Kier molecular flexibility index (Phi) is 11.7. The molecule has 0 bridgehead atoms. The maximum absolute atomic E-state index is 11.7. The molecule has 0 aliphatic rings. The number of nitrogens with zero attached hydrogens (tertiary/aromatic N) is 4. The first-order valence-corrected chi connectivity index (χ1v) is 18.3. The minimum atomic E-state index is -0.921. The Hall–Kier alpha value is -6.06. The summed E-state index contributed by atoms with van der Waals surface area (Å²) in [6.45, 7) is 9.06. The topological polar surface area (TPSA) is 125 Å². The van der Waals surface area contributed by atoms with Crippen molar-refractivity contribution in [2.24, 2.45) is 18.7 Å². The normalized spacial score (nSPS) is 11.8. The third-order valence-electron chi connectivity index (χ3n) is 9.62. The van der Waals surface area contributed by atoms with Crippen LogP contribution in [0.15, 0.2) is 115 Å². The number of carbonyl (C=O) groups excluding carboxylic acids is 1. The summed E-state index contributed by atoms with van der Waals surface area (Å²) in [4.78, 5) is 33.1. The molecule has 0 amide bonds. The van der Waals surface area contributed by atoms with Crippen molar-refractivity contribution < 1.29 is 19.4 Å². The molecule has 54 heavy (non-hydrogen) atoms. The molecule has 9 nitrogen and oxygen atoms in total. The molecule has 0 fully saturated rings. The summed E-state index contributed by atoms with van der Waals surface area (Å²) in [5.74, 6) is 0.850. The van der Waals surface area contributed by atoms with Crippen molar-refractivity contribution in [1.29, 1.82) is 0 Å². The summed E-state index contributed by atoms with van der Waals surface area (Å²) in [5.41, 5.74) is 16.1. The number of imidazole rings is 2. The highest BCUT2D eigenvalue weighted by molar-refractivity contribution is 5.96. The number of ether oxygens (including phenoxy) is 1. The number of aromatic nitrogens is 4. The van der Waals surface area contributed by atoms with Gasteiger partial charge in [0.05, 0.1) is 27.6 Å². The third-order valence-corrected chi connectivity index (χ3v) is 9.62. The zero-order valence-electron chi connectivity index (χ0n) is 31.5. The number of hydrogen-bond donors (Lipinski definition) is 2. The molecule has 2 heterocycles. The zero-order valence-corrected chi connectivity index (χ0v) is 31.5. The molecule has 0 saturated heterocycles. The molecule has 3 N–H and O–H groups in total. The largest absolute Gasteiger partial charge is 0.478 e. The van der Waals surface area contributed by atoms with E-state index in [1.165, 1.54) is 0 Å². The lowest BCUT2D eigenvalue weighted by atomic mass is 9.98. The summed E-state index contributed by atoms with van der Waals surface area (Å²) in [6, 6.07) is 36.9. The van der Waals surface area contributed by atoms with Crippen LogP contribution in [0.4, 0.5) is 0 Å². The van der Waals surface area contributed by atoms with Crippen LogP contribution in [0, 0.1) is 12.8 Å². The van der Waals surface area contributed by atoms with Crippen LogP contribution in [0.25, 0.3) is 44.6 Å². The molecule has 1 unspecified atom stereocenters. The van der Waals surface area contributed by atoms with Crippen LogP contribution in [-0.2, 0) is 36.2 Å². The Labute approximate surface area is 316 Å². The van der Waals surface area contributed by atoms with Crippen molar-refractivity contribution in [3.8, 4) is 22.5 Å². The van der Waals surface area contributed by atoms with E-state index in [-0.39, 0.29) is 11.9 Å². The monoisotopic (exact) mass is 721 g/mol. The van der Waals surface area contributed by atoms with Crippen LogP contribution in [0.2, 0.25) is 0 Å². The van der Waals surface area contributed by atoms with Crippen molar-refractivity contribution >= 4 is 34.0 Å². The molecule has 0 radical (unpaired) electrons. The van der Waals surface area contributed by atoms with Gasteiger partial charge < -0.3 is 24.7 Å². The van der Waals surface area contributed by atoms with Gasteiger partial charge in [0, 0.05) is 25.6 Å². The van der Waals surface area contributed by atoms with Crippen LogP contribution in [0.1, 0.15) is 60.1 Å². The molecule has 0 saturated carbocycles. The van der Waals surface area contributed by atoms with Crippen molar-refractivity contribution in [1.82, 2.24) is 19.1 Å². The first kappa shape index (κ1) is 37.7. The number of benzene rings is 5. The van der Waals surface area contributed by atoms with Gasteiger partial charge in [0.15, 0.2) is 0 Å². The molecule has 7 rings (SSSR count). The van der Waals surface area contributed by atoms with Crippen LogP contribution in [0.5, 0.6) is 0 Å². The van der Waals surface area contributed by atoms with Crippen molar-refractivity contribution in [2.75, 3.05) is 0 Å². The number of fused-ring (bicyclic) bond motifs is 2. The fourth-order valence-corrected chi connectivity index (χ4v) is 6.56. The predicted octanol–water partition coefficient (Wildman–Crippen LogP) is 8.98. The molecular weight excluding hydrogens is 675 g/mol. The first-order chi connectivity index (χ1) is 26.0. The number of nitrogens with two attached hydrogens (primary N) is 1.